The largest absolute Gasteiger partial charge is 0.289 e. The molecule has 98 valence electrons. The van der Waals surface area contributed by atoms with E-state index >= 15 is 0 Å². The number of carbonyl (C=O) groups excluding carboxylic acids is 1. The Hall–Kier alpha value is -1.82. The average Bonchev–Trinajstić information content (AvgIpc) is 2.37. The van der Waals surface area contributed by atoms with E-state index in [1.54, 1.807) is 12.1 Å². The van der Waals surface area contributed by atoms with Crippen LogP contribution in [0.1, 0.15) is 27.3 Å². The second-order valence-corrected chi connectivity index (χ2v) is 5.08. The van der Waals surface area contributed by atoms with Gasteiger partial charge in [0.2, 0.25) is 5.95 Å². The van der Waals surface area contributed by atoms with Gasteiger partial charge in [-0.1, -0.05) is 22.0 Å². The standard InChI is InChI=1S/C13H13BrN4O/c1-7-4-5-10(6-11(7)14)12(19)16-13-15-8(2)9(3)17-18-13/h4-6H,1-3H3,(H,15,16,18,19). The van der Waals surface area contributed by atoms with Crippen molar-refractivity contribution in [2.45, 2.75) is 20.8 Å². The van der Waals surface area contributed by atoms with Crippen LogP contribution in [-0.2, 0) is 0 Å². The first-order valence-corrected chi connectivity index (χ1v) is 6.52. The number of amides is 1. The molecule has 0 atom stereocenters. The molecule has 0 saturated carbocycles. The normalized spacial score (nSPS) is 10.3. The van der Waals surface area contributed by atoms with Gasteiger partial charge < -0.3 is 0 Å². The summed E-state index contributed by atoms with van der Waals surface area (Å²) >= 11 is 3.40. The van der Waals surface area contributed by atoms with Crippen LogP contribution < -0.4 is 5.32 Å². The topological polar surface area (TPSA) is 67.8 Å². The first-order chi connectivity index (χ1) is 8.97. The summed E-state index contributed by atoms with van der Waals surface area (Å²) in [5.41, 5.74) is 3.10. The average molecular weight is 321 g/mol. The Kier molecular flexibility index (Phi) is 3.90. The Morgan fingerprint density at radius 3 is 2.53 bits per heavy atom. The number of halogens is 1. The highest BCUT2D eigenvalue weighted by atomic mass is 79.9. The van der Waals surface area contributed by atoms with E-state index in [4.69, 9.17) is 0 Å². The molecule has 1 heterocycles. The molecule has 0 fully saturated rings. The zero-order valence-corrected chi connectivity index (χ0v) is 12.4. The fourth-order valence-corrected chi connectivity index (χ4v) is 1.80. The highest BCUT2D eigenvalue weighted by Gasteiger charge is 2.10. The summed E-state index contributed by atoms with van der Waals surface area (Å²) < 4.78 is 0.888. The molecular weight excluding hydrogens is 308 g/mol. The van der Waals surface area contributed by atoms with Crippen LogP contribution in [-0.4, -0.2) is 21.1 Å². The molecule has 2 aromatic rings. The zero-order valence-electron chi connectivity index (χ0n) is 10.9. The molecule has 0 radical (unpaired) electrons. The van der Waals surface area contributed by atoms with Crippen LogP contribution in [0.4, 0.5) is 5.95 Å². The van der Waals surface area contributed by atoms with E-state index in [0.29, 0.717) is 5.56 Å². The lowest BCUT2D eigenvalue weighted by Crippen LogP contribution is -2.15. The summed E-state index contributed by atoms with van der Waals surface area (Å²) in [6, 6.07) is 5.39. The molecule has 0 unspecified atom stereocenters. The molecule has 1 aromatic heterocycles. The van der Waals surface area contributed by atoms with E-state index in [-0.39, 0.29) is 11.9 Å². The van der Waals surface area contributed by atoms with Gasteiger partial charge >= 0.3 is 0 Å². The highest BCUT2D eigenvalue weighted by molar-refractivity contribution is 9.10. The molecule has 5 nitrogen and oxygen atoms in total. The maximum Gasteiger partial charge on any atom is 0.258 e. The number of nitrogens with zero attached hydrogens (tertiary/aromatic N) is 3. The second kappa shape index (κ2) is 5.44. The number of benzene rings is 1. The van der Waals surface area contributed by atoms with Crippen molar-refractivity contribution in [3.8, 4) is 0 Å². The number of aryl methyl sites for hydroxylation is 3. The van der Waals surface area contributed by atoms with Crippen LogP contribution in [0.2, 0.25) is 0 Å². The monoisotopic (exact) mass is 320 g/mol. The molecule has 1 amide bonds. The van der Waals surface area contributed by atoms with Crippen molar-refractivity contribution in [2.24, 2.45) is 0 Å². The van der Waals surface area contributed by atoms with Crippen LogP contribution in [0.15, 0.2) is 22.7 Å². The summed E-state index contributed by atoms with van der Waals surface area (Å²) in [5, 5.41) is 10.4. The fraction of sp³-hybridized carbons (Fsp3) is 0.231. The van der Waals surface area contributed by atoms with Crippen LogP contribution in [0.3, 0.4) is 0 Å². The first-order valence-electron chi connectivity index (χ1n) is 5.73. The molecule has 1 N–H and O–H groups in total. The molecule has 0 saturated heterocycles. The predicted octanol–water partition coefficient (Wildman–Crippen LogP) is 2.81. The molecule has 1 aromatic carbocycles. The van der Waals surface area contributed by atoms with E-state index in [1.165, 1.54) is 0 Å². The van der Waals surface area contributed by atoms with E-state index in [0.717, 1.165) is 21.4 Å². The Morgan fingerprint density at radius 1 is 1.16 bits per heavy atom. The minimum Gasteiger partial charge on any atom is -0.289 e. The fourth-order valence-electron chi connectivity index (χ4n) is 1.42. The highest BCUT2D eigenvalue weighted by Crippen LogP contribution is 2.18. The van der Waals surface area contributed by atoms with Gasteiger partial charge in [-0.05, 0) is 38.5 Å². The van der Waals surface area contributed by atoms with E-state index < -0.39 is 0 Å². The lowest BCUT2D eigenvalue weighted by atomic mass is 10.1. The van der Waals surface area contributed by atoms with Crippen molar-refractivity contribution >= 4 is 27.8 Å². The summed E-state index contributed by atoms with van der Waals surface area (Å²) in [7, 11) is 0. The van der Waals surface area contributed by atoms with Gasteiger partial charge in [0.1, 0.15) is 0 Å². The Labute approximate surface area is 119 Å². The zero-order chi connectivity index (χ0) is 14.0. The molecular formula is C13H13BrN4O. The second-order valence-electron chi connectivity index (χ2n) is 4.22. The molecule has 0 aliphatic rings. The first kappa shape index (κ1) is 13.6. The van der Waals surface area contributed by atoms with Gasteiger partial charge in [-0.15, -0.1) is 5.10 Å². The summed E-state index contributed by atoms with van der Waals surface area (Å²) in [5.74, 6) is -0.0458. The Balaban J connectivity index is 2.20. The van der Waals surface area contributed by atoms with Crippen LogP contribution in [0.25, 0.3) is 0 Å². The number of aromatic nitrogens is 3. The molecule has 19 heavy (non-hydrogen) atoms. The van der Waals surface area contributed by atoms with E-state index in [9.17, 15) is 4.79 Å². The van der Waals surface area contributed by atoms with Gasteiger partial charge in [-0.25, -0.2) is 4.98 Å². The van der Waals surface area contributed by atoms with Gasteiger partial charge in [0.05, 0.1) is 11.4 Å². The van der Waals surface area contributed by atoms with Crippen molar-refractivity contribution < 1.29 is 4.79 Å². The van der Waals surface area contributed by atoms with Gasteiger partial charge in [0.25, 0.3) is 5.91 Å². The van der Waals surface area contributed by atoms with Crippen molar-refractivity contribution in [3.05, 3.63) is 45.2 Å². The minimum absolute atomic E-state index is 0.213. The third-order valence-electron chi connectivity index (χ3n) is 2.75. The lowest BCUT2D eigenvalue weighted by molar-refractivity contribution is 0.102. The van der Waals surface area contributed by atoms with Crippen LogP contribution >= 0.6 is 15.9 Å². The van der Waals surface area contributed by atoms with Crippen molar-refractivity contribution in [2.75, 3.05) is 5.32 Å². The quantitative estimate of drug-likeness (QED) is 0.923. The third-order valence-corrected chi connectivity index (χ3v) is 3.61. The van der Waals surface area contributed by atoms with Crippen LogP contribution in [0, 0.1) is 20.8 Å². The van der Waals surface area contributed by atoms with Gasteiger partial charge in [-0.3, -0.25) is 10.1 Å². The molecule has 2 rings (SSSR count). The maximum atomic E-state index is 12.0. The SMILES string of the molecule is Cc1ccc(C(=O)Nc2nnc(C)c(C)n2)cc1Br. The summed E-state index contributed by atoms with van der Waals surface area (Å²) in [4.78, 5) is 16.2. The van der Waals surface area contributed by atoms with Gasteiger partial charge in [0.15, 0.2) is 0 Å². The number of rotatable bonds is 2. The number of hydrogen-bond acceptors (Lipinski definition) is 4. The smallest absolute Gasteiger partial charge is 0.258 e. The molecule has 6 heteroatoms. The van der Waals surface area contributed by atoms with Crippen molar-refractivity contribution in [1.29, 1.82) is 0 Å². The predicted molar refractivity (Wildman–Crippen MR) is 76.1 cm³/mol. The number of hydrogen-bond donors (Lipinski definition) is 1. The minimum atomic E-state index is -0.259. The van der Waals surface area contributed by atoms with Crippen molar-refractivity contribution in [1.82, 2.24) is 15.2 Å². The van der Waals surface area contributed by atoms with Crippen molar-refractivity contribution in [3.63, 3.8) is 0 Å². The lowest BCUT2D eigenvalue weighted by Gasteiger charge is -2.06. The van der Waals surface area contributed by atoms with E-state index in [1.807, 2.05) is 26.8 Å². The number of nitrogens with one attached hydrogen (secondary N) is 1. The summed E-state index contributed by atoms with van der Waals surface area (Å²) in [6.07, 6.45) is 0. The maximum absolute atomic E-state index is 12.0. The van der Waals surface area contributed by atoms with Crippen LogP contribution in [0.5, 0.6) is 0 Å². The number of anilines is 1. The van der Waals surface area contributed by atoms with Gasteiger partial charge in [0, 0.05) is 10.0 Å². The molecule has 0 aliphatic carbocycles. The van der Waals surface area contributed by atoms with Gasteiger partial charge in [-0.2, -0.15) is 5.10 Å². The molecule has 0 aliphatic heterocycles. The Morgan fingerprint density at radius 2 is 1.89 bits per heavy atom. The summed E-state index contributed by atoms with van der Waals surface area (Å²) in [6.45, 7) is 5.60. The van der Waals surface area contributed by atoms with E-state index in [2.05, 4.69) is 36.4 Å². The Bertz CT molecular complexity index is 643. The third kappa shape index (κ3) is 3.14. The number of carbonyl (C=O) groups is 1. The molecule has 0 spiro atoms. The molecule has 0 bridgehead atoms.